The molecule has 0 aromatic heterocycles. The second kappa shape index (κ2) is 3.03. The molecule has 0 heterocycles. The fourth-order valence-corrected chi connectivity index (χ4v) is 0.337. The van der Waals surface area contributed by atoms with Crippen molar-refractivity contribution in [2.75, 3.05) is 0 Å². The lowest BCUT2D eigenvalue weighted by Crippen LogP contribution is -2.30. The Morgan fingerprint density at radius 1 is 1.50 bits per heavy atom. The van der Waals surface area contributed by atoms with Gasteiger partial charge < -0.3 is 0 Å². The van der Waals surface area contributed by atoms with Gasteiger partial charge >= 0.3 is 0 Å². The molecule has 3 heteroatoms. The van der Waals surface area contributed by atoms with Crippen molar-refractivity contribution >= 4 is 0 Å². The van der Waals surface area contributed by atoms with Gasteiger partial charge in [0, 0.05) is 0 Å². The van der Waals surface area contributed by atoms with Crippen LogP contribution in [-0.2, 0) is 4.84 Å². The molecule has 0 aromatic rings. The van der Waals surface area contributed by atoms with E-state index in [1.165, 1.54) is 0 Å². The van der Waals surface area contributed by atoms with E-state index >= 15 is 0 Å². The number of hydrogen-bond donors (Lipinski definition) is 1. The van der Waals surface area contributed by atoms with Gasteiger partial charge in [-0.2, -0.15) is 0 Å². The highest BCUT2D eigenvalue weighted by Gasteiger charge is 2.14. The first-order valence-electron chi connectivity index (χ1n) is 3.16. The first-order chi connectivity index (χ1) is 4.33. The molecule has 0 aliphatic heterocycles. The molecule has 0 saturated heterocycles. The van der Waals surface area contributed by atoms with Gasteiger partial charge in [0.25, 0.3) is 0 Å². The molecule has 0 unspecified atom stereocenters. The van der Waals surface area contributed by atoms with Crippen LogP contribution in [0.3, 0.4) is 0 Å². The van der Waals surface area contributed by atoms with Gasteiger partial charge in [-0.15, -0.1) is 5.23 Å². The summed E-state index contributed by atoms with van der Waals surface area (Å²) in [5, 5.41) is 9.65. The molecule has 0 amide bonds. The van der Waals surface area contributed by atoms with Gasteiger partial charge in [0.05, 0.1) is 11.3 Å². The molecule has 0 spiro atoms. The van der Waals surface area contributed by atoms with Crippen LogP contribution in [0.15, 0.2) is 12.3 Å². The summed E-state index contributed by atoms with van der Waals surface area (Å²) in [6, 6.07) is 0. The van der Waals surface area contributed by atoms with Crippen molar-refractivity contribution in [1.82, 2.24) is 5.23 Å². The average molecular weight is 145 g/mol. The quantitative estimate of drug-likeness (QED) is 0.603. The maximum absolute atomic E-state index is 8.97. The number of rotatable bonds is 2. The van der Waals surface area contributed by atoms with E-state index in [1.54, 1.807) is 6.92 Å². The minimum absolute atomic E-state index is 0.381. The first kappa shape index (κ1) is 9.46. The van der Waals surface area contributed by atoms with Crippen LogP contribution in [0.5, 0.6) is 0 Å². The summed E-state index contributed by atoms with van der Waals surface area (Å²) >= 11 is 0. The normalized spacial score (nSPS) is 11.3. The summed E-state index contributed by atoms with van der Waals surface area (Å²) in [5.74, 6) is 0. The summed E-state index contributed by atoms with van der Waals surface area (Å²) in [6.45, 7) is 10.7. The molecule has 60 valence electrons. The van der Waals surface area contributed by atoms with Gasteiger partial charge in [-0.25, -0.2) is 4.84 Å². The van der Waals surface area contributed by atoms with Gasteiger partial charge in [-0.3, -0.25) is 5.21 Å². The highest BCUT2D eigenvalue weighted by atomic mass is 16.9. The fourth-order valence-electron chi connectivity index (χ4n) is 0.337. The largest absolute Gasteiger partial charge is 0.264 e. The smallest absolute Gasteiger partial charge is 0.0905 e. The van der Waals surface area contributed by atoms with Gasteiger partial charge in [0.15, 0.2) is 0 Å². The molecule has 0 bridgehead atoms. The Kier molecular flexibility index (Phi) is 2.87. The van der Waals surface area contributed by atoms with Crippen LogP contribution in [0.1, 0.15) is 27.7 Å². The Hall–Kier alpha value is -0.540. The molecular weight excluding hydrogens is 130 g/mol. The van der Waals surface area contributed by atoms with Crippen LogP contribution in [0.4, 0.5) is 0 Å². The van der Waals surface area contributed by atoms with E-state index < -0.39 is 0 Å². The Bertz CT molecular complexity index is 126. The lowest BCUT2D eigenvalue weighted by Gasteiger charge is -2.25. The molecule has 3 nitrogen and oxygen atoms in total. The molecule has 0 atom stereocenters. The van der Waals surface area contributed by atoms with E-state index in [0.29, 0.717) is 10.9 Å². The predicted molar refractivity (Wildman–Crippen MR) is 39.3 cm³/mol. The first-order valence-corrected chi connectivity index (χ1v) is 3.16. The second-order valence-corrected chi connectivity index (χ2v) is 3.21. The Morgan fingerprint density at radius 2 is 1.90 bits per heavy atom. The van der Waals surface area contributed by atoms with Crippen molar-refractivity contribution in [2.45, 2.75) is 33.3 Å². The molecular formula is C7H15NO2. The standard InChI is InChI=1S/C7H15NO2/c1-6(2)8(9)10-7(3,4)5/h9H,1H2,2-5H3. The predicted octanol–water partition coefficient (Wildman–Crippen LogP) is 1.94. The van der Waals surface area contributed by atoms with Crippen molar-refractivity contribution in [3.05, 3.63) is 12.3 Å². The lowest BCUT2D eigenvalue weighted by atomic mass is 10.2. The van der Waals surface area contributed by atoms with E-state index in [1.807, 2.05) is 20.8 Å². The molecule has 0 rings (SSSR count). The molecule has 0 radical (unpaired) electrons. The Labute approximate surface area is 61.8 Å². The fraction of sp³-hybridized carbons (Fsp3) is 0.714. The summed E-state index contributed by atoms with van der Waals surface area (Å²) in [6.07, 6.45) is 0. The Morgan fingerprint density at radius 3 is 2.00 bits per heavy atom. The molecule has 1 N–H and O–H groups in total. The topological polar surface area (TPSA) is 32.7 Å². The van der Waals surface area contributed by atoms with Crippen LogP contribution < -0.4 is 0 Å². The van der Waals surface area contributed by atoms with Crippen molar-refractivity contribution < 1.29 is 10.0 Å². The number of allylic oxidation sites excluding steroid dienone is 1. The van der Waals surface area contributed by atoms with E-state index in [4.69, 9.17) is 10.0 Å². The average Bonchev–Trinajstić information content (AvgIpc) is 1.60. The van der Waals surface area contributed by atoms with Crippen LogP contribution in [0.2, 0.25) is 0 Å². The number of nitrogens with zero attached hydrogens (tertiary/aromatic N) is 1. The molecule has 0 fully saturated rings. The second-order valence-electron chi connectivity index (χ2n) is 3.21. The summed E-state index contributed by atoms with van der Waals surface area (Å²) in [5.41, 5.74) is 0.0863. The highest BCUT2D eigenvalue weighted by Crippen LogP contribution is 2.10. The van der Waals surface area contributed by atoms with Crippen LogP contribution in [0, 0.1) is 0 Å². The molecule has 0 aliphatic rings. The SMILES string of the molecule is C=C(C)N(O)OC(C)(C)C. The Balaban J connectivity index is 3.80. The third-order valence-electron chi connectivity index (χ3n) is 0.687. The van der Waals surface area contributed by atoms with E-state index in [-0.39, 0.29) is 5.60 Å². The zero-order valence-electron chi connectivity index (χ0n) is 7.01. The van der Waals surface area contributed by atoms with Gasteiger partial charge in [0.1, 0.15) is 0 Å². The molecule has 0 saturated carbocycles. The zero-order valence-corrected chi connectivity index (χ0v) is 7.01. The number of hydroxylamine groups is 2. The minimum atomic E-state index is -0.381. The number of hydrogen-bond acceptors (Lipinski definition) is 3. The maximum Gasteiger partial charge on any atom is 0.0905 e. The third kappa shape index (κ3) is 4.35. The maximum atomic E-state index is 8.97. The van der Waals surface area contributed by atoms with Crippen molar-refractivity contribution in [2.24, 2.45) is 0 Å². The molecule has 0 aliphatic carbocycles. The molecule has 10 heavy (non-hydrogen) atoms. The van der Waals surface area contributed by atoms with Crippen LogP contribution in [-0.4, -0.2) is 16.0 Å². The van der Waals surface area contributed by atoms with E-state index in [9.17, 15) is 0 Å². The summed E-state index contributed by atoms with van der Waals surface area (Å²) in [4.78, 5) is 4.99. The van der Waals surface area contributed by atoms with Gasteiger partial charge in [0.2, 0.25) is 0 Å². The highest BCUT2D eigenvalue weighted by molar-refractivity contribution is 4.79. The minimum Gasteiger partial charge on any atom is -0.264 e. The van der Waals surface area contributed by atoms with Gasteiger partial charge in [-0.1, -0.05) is 6.58 Å². The third-order valence-corrected chi connectivity index (χ3v) is 0.687. The van der Waals surface area contributed by atoms with Crippen molar-refractivity contribution in [3.8, 4) is 0 Å². The van der Waals surface area contributed by atoms with E-state index in [2.05, 4.69) is 6.58 Å². The summed E-state index contributed by atoms with van der Waals surface area (Å²) < 4.78 is 0. The van der Waals surface area contributed by atoms with Gasteiger partial charge in [-0.05, 0) is 27.7 Å². The summed E-state index contributed by atoms with van der Waals surface area (Å²) in [7, 11) is 0. The monoisotopic (exact) mass is 145 g/mol. The van der Waals surface area contributed by atoms with Crippen molar-refractivity contribution in [3.63, 3.8) is 0 Å². The zero-order chi connectivity index (χ0) is 8.36. The van der Waals surface area contributed by atoms with Crippen LogP contribution >= 0.6 is 0 Å². The van der Waals surface area contributed by atoms with E-state index in [0.717, 1.165) is 0 Å². The van der Waals surface area contributed by atoms with Crippen LogP contribution in [0.25, 0.3) is 0 Å². The lowest BCUT2D eigenvalue weighted by molar-refractivity contribution is -0.355. The molecule has 0 aromatic carbocycles. The van der Waals surface area contributed by atoms with Crippen molar-refractivity contribution in [1.29, 1.82) is 0 Å².